The molecule has 0 saturated heterocycles. The van der Waals surface area contributed by atoms with E-state index in [1.54, 1.807) is 0 Å². The molecule has 0 N–H and O–H groups in total. The van der Waals surface area contributed by atoms with Gasteiger partial charge in [-0.1, -0.05) is 253 Å². The Hall–Kier alpha value is -5.41. The molecule has 2 unspecified atom stereocenters. The lowest BCUT2D eigenvalue weighted by Crippen LogP contribution is -2.37. The van der Waals surface area contributed by atoms with Crippen LogP contribution in [0.4, 0.5) is 0 Å². The van der Waals surface area contributed by atoms with Crippen LogP contribution < -0.4 is 4.89 Å². The first-order chi connectivity index (χ1) is 42.0. The van der Waals surface area contributed by atoms with Crippen LogP contribution in [0.3, 0.4) is 0 Å². The van der Waals surface area contributed by atoms with Crippen molar-refractivity contribution in [2.75, 3.05) is 47.5 Å². The largest absolute Gasteiger partial charge is 0.756 e. The first-order valence-corrected chi connectivity index (χ1v) is 34.3. The summed E-state index contributed by atoms with van der Waals surface area (Å²) < 4.78 is 34.2. The third kappa shape index (κ3) is 67.7. The Kier molecular flexibility index (Phi) is 60.0. The summed E-state index contributed by atoms with van der Waals surface area (Å²) in [4.78, 5) is 38.0. The fourth-order valence-electron chi connectivity index (χ4n) is 7.84. The second-order valence-electron chi connectivity index (χ2n) is 22.0. The Labute approximate surface area is 525 Å². The number of ether oxygens (including phenoxy) is 2. The van der Waals surface area contributed by atoms with E-state index in [0.717, 1.165) is 148 Å². The van der Waals surface area contributed by atoms with Gasteiger partial charge in [0.15, 0.2) is 6.10 Å². The maximum absolute atomic E-state index is 12.8. The van der Waals surface area contributed by atoms with Gasteiger partial charge in [-0.25, -0.2) is 0 Å². The molecule has 0 aliphatic heterocycles. The van der Waals surface area contributed by atoms with Crippen molar-refractivity contribution in [2.24, 2.45) is 0 Å². The Bertz CT molecular complexity index is 2200. The maximum atomic E-state index is 12.8. The molecule has 0 aliphatic rings. The molecule has 10 heteroatoms. The highest BCUT2D eigenvalue weighted by Crippen LogP contribution is 2.38. The monoisotopic (exact) mass is 1200 g/mol. The highest BCUT2D eigenvalue weighted by molar-refractivity contribution is 7.45. The van der Waals surface area contributed by atoms with Crippen LogP contribution in [0.1, 0.15) is 206 Å². The van der Waals surface area contributed by atoms with Crippen LogP contribution in [0.15, 0.2) is 207 Å². The van der Waals surface area contributed by atoms with Gasteiger partial charge in [0.2, 0.25) is 0 Å². The van der Waals surface area contributed by atoms with Crippen molar-refractivity contribution in [2.45, 2.75) is 213 Å². The summed E-state index contributed by atoms with van der Waals surface area (Å²) in [6, 6.07) is 0. The number of carbonyl (C=O) groups excluding carboxylic acids is 2. The van der Waals surface area contributed by atoms with Crippen LogP contribution in [0, 0.1) is 0 Å². The summed E-state index contributed by atoms with van der Waals surface area (Å²) in [5, 5.41) is 0. The summed E-state index contributed by atoms with van der Waals surface area (Å²) in [5.41, 5.74) is 0. The lowest BCUT2D eigenvalue weighted by molar-refractivity contribution is -0.870. The van der Waals surface area contributed by atoms with Crippen LogP contribution >= 0.6 is 7.82 Å². The topological polar surface area (TPSA) is 111 Å². The molecule has 86 heavy (non-hydrogen) atoms. The smallest absolute Gasteiger partial charge is 0.306 e. The molecule has 0 aromatic heterocycles. The van der Waals surface area contributed by atoms with Crippen molar-refractivity contribution in [3.05, 3.63) is 207 Å². The van der Waals surface area contributed by atoms with E-state index >= 15 is 0 Å². The Balaban J connectivity index is 4.30. The molecule has 0 amide bonds. The predicted molar refractivity (Wildman–Crippen MR) is 368 cm³/mol. The van der Waals surface area contributed by atoms with E-state index in [2.05, 4.69) is 220 Å². The Morgan fingerprint density at radius 3 is 0.953 bits per heavy atom. The van der Waals surface area contributed by atoms with E-state index in [9.17, 15) is 19.0 Å². The van der Waals surface area contributed by atoms with Crippen molar-refractivity contribution in [3.8, 4) is 0 Å². The van der Waals surface area contributed by atoms with E-state index in [0.29, 0.717) is 23.9 Å². The Morgan fingerprint density at radius 2 is 0.628 bits per heavy atom. The lowest BCUT2D eigenvalue weighted by atomic mass is 10.1. The number of quaternary nitrogens is 1. The minimum Gasteiger partial charge on any atom is -0.756 e. The lowest BCUT2D eigenvalue weighted by Gasteiger charge is -2.28. The van der Waals surface area contributed by atoms with E-state index in [4.69, 9.17) is 18.5 Å². The molecule has 0 aliphatic carbocycles. The third-order valence-corrected chi connectivity index (χ3v) is 13.8. The first kappa shape index (κ1) is 80.6. The minimum atomic E-state index is -4.67. The molecule has 0 spiro atoms. The number of likely N-dealkylation sites (N-methyl/N-ethyl adjacent to an activating group) is 1. The van der Waals surface area contributed by atoms with Crippen molar-refractivity contribution in [1.29, 1.82) is 0 Å². The number of nitrogens with zero attached hydrogens (tertiary/aromatic N) is 1. The van der Waals surface area contributed by atoms with Gasteiger partial charge in [-0.15, -0.1) is 0 Å². The summed E-state index contributed by atoms with van der Waals surface area (Å²) in [7, 11) is 1.09. The Morgan fingerprint density at radius 1 is 0.360 bits per heavy atom. The van der Waals surface area contributed by atoms with E-state index in [1.807, 2.05) is 21.1 Å². The number of rotatable bonds is 57. The molecule has 0 fully saturated rings. The molecule has 0 rings (SSSR count). The quantitative estimate of drug-likeness (QED) is 0.0195. The summed E-state index contributed by atoms with van der Waals surface area (Å²) in [6.45, 7) is 3.91. The molecule has 0 saturated carbocycles. The molecule has 2 atom stereocenters. The SMILES string of the molecule is CC/C=C\C/C=C\C/C=C\C/C=C\C/C=C\C/C=C\C/C=C\C/C=C\C/C=C\C/C=C\CCCCC(=O)OC(COC(=O)CCCCCCCCC/C=C\C/C=C\C/C=C\C/C=C\C/C=C\C/C=C\C/C=C\CC)COP(=O)([O-])OCC[N+](C)(C)C. The molecule has 9 nitrogen and oxygen atoms in total. The minimum absolute atomic E-state index is 0.0544. The highest BCUT2D eigenvalue weighted by atomic mass is 31.2. The average molecular weight is 1200 g/mol. The van der Waals surface area contributed by atoms with Gasteiger partial charge in [0.05, 0.1) is 27.7 Å². The standard InChI is InChI=1S/C76H118NO8P/c1-6-8-10-12-14-16-18-20-22-24-26-28-30-32-34-36-37-38-39-41-43-45-47-49-51-53-55-57-59-61-63-65-67-69-76(79)85-74(73-84-86(80,81)83-71-70-77(3,4)5)72-82-75(78)68-66-64-62-60-58-56-54-52-50-48-46-44-42-40-35-33-31-29-27-25-23-21-19-17-15-13-11-9-7-2/h8-11,14-17,20-23,26-29,32-35,37-38,41-44,47-50,53,55,59,61,74H,6-7,12-13,18-19,24-25,30-31,36,39-40,45-46,51-52,54,56-58,60,62-73H2,1-5H3/b10-8-,11-9-,16-14-,17-15-,22-20-,23-21-,28-26-,29-27-,34-32-,35-33-,38-37-,43-41-,44-42-,49-47-,50-48-,55-53-,61-59-. The number of carbonyl (C=O) groups is 2. The zero-order valence-electron chi connectivity index (χ0n) is 54.4. The number of unbranched alkanes of at least 4 members (excludes halogenated alkanes) is 9. The van der Waals surface area contributed by atoms with Crippen molar-refractivity contribution in [1.82, 2.24) is 0 Å². The van der Waals surface area contributed by atoms with Crippen molar-refractivity contribution >= 4 is 19.8 Å². The van der Waals surface area contributed by atoms with Crippen LogP contribution in [0.5, 0.6) is 0 Å². The number of phosphoric ester groups is 1. The zero-order chi connectivity index (χ0) is 62.6. The fourth-order valence-corrected chi connectivity index (χ4v) is 8.57. The first-order valence-electron chi connectivity index (χ1n) is 32.8. The van der Waals surface area contributed by atoms with Crippen molar-refractivity contribution in [3.63, 3.8) is 0 Å². The fraction of sp³-hybridized carbons (Fsp3) is 0.526. The van der Waals surface area contributed by atoms with Crippen LogP contribution in [-0.4, -0.2) is 70.0 Å². The van der Waals surface area contributed by atoms with Gasteiger partial charge in [0.1, 0.15) is 19.8 Å². The number of esters is 2. The van der Waals surface area contributed by atoms with Gasteiger partial charge in [0.25, 0.3) is 7.82 Å². The third-order valence-electron chi connectivity index (χ3n) is 12.8. The van der Waals surface area contributed by atoms with Gasteiger partial charge < -0.3 is 27.9 Å². The van der Waals surface area contributed by atoms with E-state index in [1.165, 1.54) is 19.3 Å². The normalized spacial score (nSPS) is 14.5. The van der Waals surface area contributed by atoms with E-state index < -0.39 is 32.5 Å². The molecular formula is C76H118NO8P. The second kappa shape index (κ2) is 64.1. The molecule has 480 valence electrons. The average Bonchev–Trinajstić information content (AvgIpc) is 3.70. The van der Waals surface area contributed by atoms with Crippen LogP contribution in [0.25, 0.3) is 0 Å². The van der Waals surface area contributed by atoms with Crippen LogP contribution in [-0.2, 0) is 32.7 Å². The van der Waals surface area contributed by atoms with E-state index in [-0.39, 0.29) is 26.1 Å². The summed E-state index contributed by atoms with van der Waals surface area (Å²) in [6.07, 6.45) is 102. The zero-order valence-corrected chi connectivity index (χ0v) is 55.3. The molecular weight excluding hydrogens is 1090 g/mol. The second-order valence-corrected chi connectivity index (χ2v) is 23.4. The molecule has 0 aromatic rings. The molecule has 0 heterocycles. The number of phosphoric acid groups is 1. The maximum Gasteiger partial charge on any atom is 0.306 e. The molecule has 0 bridgehead atoms. The van der Waals surface area contributed by atoms with Crippen LogP contribution in [0.2, 0.25) is 0 Å². The highest BCUT2D eigenvalue weighted by Gasteiger charge is 2.21. The predicted octanol–water partition coefficient (Wildman–Crippen LogP) is 20.8. The van der Waals surface area contributed by atoms with Gasteiger partial charge in [0, 0.05) is 12.8 Å². The van der Waals surface area contributed by atoms with Gasteiger partial charge in [-0.05, 0) is 148 Å². The number of hydrogen-bond donors (Lipinski definition) is 0. The number of allylic oxidation sites excluding steroid dienone is 34. The summed E-state index contributed by atoms with van der Waals surface area (Å²) >= 11 is 0. The molecule has 0 radical (unpaired) electrons. The van der Waals surface area contributed by atoms with Gasteiger partial charge in [-0.2, -0.15) is 0 Å². The van der Waals surface area contributed by atoms with Crippen molar-refractivity contribution < 1.29 is 42.1 Å². The number of hydrogen-bond acceptors (Lipinski definition) is 8. The summed E-state index contributed by atoms with van der Waals surface area (Å²) in [5.74, 6) is -0.917. The van der Waals surface area contributed by atoms with Gasteiger partial charge >= 0.3 is 11.9 Å². The molecule has 0 aromatic carbocycles. The van der Waals surface area contributed by atoms with Gasteiger partial charge in [-0.3, -0.25) is 14.2 Å².